The van der Waals surface area contributed by atoms with Crippen LogP contribution in [0, 0.1) is 0 Å². The molecule has 2 amide bonds. The highest BCUT2D eigenvalue weighted by molar-refractivity contribution is 5.89. The van der Waals surface area contributed by atoms with Gasteiger partial charge in [-0.15, -0.1) is 0 Å². The van der Waals surface area contributed by atoms with E-state index in [0.29, 0.717) is 13.2 Å². The number of benzene rings is 2. The number of carbonyl (C=O) groups is 1. The Labute approximate surface area is 161 Å². The lowest BCUT2D eigenvalue weighted by Gasteiger charge is -2.33. The average Bonchev–Trinajstić information content (AvgIpc) is 2.67. The fourth-order valence-electron chi connectivity index (χ4n) is 3.04. The number of morpholine rings is 1. The van der Waals surface area contributed by atoms with Gasteiger partial charge in [0.1, 0.15) is 0 Å². The largest absolute Gasteiger partial charge is 0.416 e. The van der Waals surface area contributed by atoms with Crippen LogP contribution in [-0.2, 0) is 17.5 Å². The van der Waals surface area contributed by atoms with Crippen LogP contribution in [0.4, 0.5) is 23.7 Å². The molecule has 0 aromatic heterocycles. The first kappa shape index (κ1) is 20.2. The third-order valence-electron chi connectivity index (χ3n) is 4.41. The molecule has 0 aliphatic carbocycles. The molecule has 0 spiro atoms. The van der Waals surface area contributed by atoms with Crippen LogP contribution in [0.2, 0.25) is 0 Å². The second-order valence-electron chi connectivity index (χ2n) is 6.63. The van der Waals surface area contributed by atoms with Crippen LogP contribution in [0.5, 0.6) is 0 Å². The standard InChI is InChI=1S/C20H22F3N3O2/c21-20(22,23)16-7-4-8-17(11-16)25-19(27)24-12-18-14-26(9-10-28-18)13-15-5-2-1-3-6-15/h1-8,11,18H,9-10,12-14H2,(H2,24,25,27). The van der Waals surface area contributed by atoms with Crippen LogP contribution < -0.4 is 10.6 Å². The Morgan fingerprint density at radius 2 is 1.93 bits per heavy atom. The maximum absolute atomic E-state index is 12.7. The Morgan fingerprint density at radius 3 is 2.68 bits per heavy atom. The topological polar surface area (TPSA) is 53.6 Å². The minimum Gasteiger partial charge on any atom is -0.374 e. The van der Waals surface area contributed by atoms with Crippen molar-refractivity contribution in [3.05, 3.63) is 65.7 Å². The van der Waals surface area contributed by atoms with Gasteiger partial charge in [0.2, 0.25) is 0 Å². The van der Waals surface area contributed by atoms with Crippen molar-refractivity contribution in [3.63, 3.8) is 0 Å². The lowest BCUT2D eigenvalue weighted by atomic mass is 10.2. The molecule has 1 atom stereocenters. The number of amides is 2. The lowest BCUT2D eigenvalue weighted by Crippen LogP contribution is -2.47. The number of halogens is 3. The van der Waals surface area contributed by atoms with E-state index < -0.39 is 17.8 Å². The van der Waals surface area contributed by atoms with E-state index in [-0.39, 0.29) is 18.3 Å². The first-order valence-electron chi connectivity index (χ1n) is 9.00. The van der Waals surface area contributed by atoms with Crippen molar-refractivity contribution in [1.82, 2.24) is 10.2 Å². The van der Waals surface area contributed by atoms with Crippen molar-refractivity contribution in [2.24, 2.45) is 0 Å². The van der Waals surface area contributed by atoms with Crippen molar-refractivity contribution >= 4 is 11.7 Å². The summed E-state index contributed by atoms with van der Waals surface area (Å²) in [6.45, 7) is 3.11. The van der Waals surface area contributed by atoms with Gasteiger partial charge in [-0.1, -0.05) is 36.4 Å². The molecule has 1 saturated heterocycles. The number of carbonyl (C=O) groups excluding carboxylic acids is 1. The Hall–Kier alpha value is -2.58. The van der Waals surface area contributed by atoms with Gasteiger partial charge in [0.05, 0.1) is 18.3 Å². The summed E-state index contributed by atoms with van der Waals surface area (Å²) >= 11 is 0. The number of hydrogen-bond donors (Lipinski definition) is 2. The SMILES string of the molecule is O=C(NCC1CN(Cc2ccccc2)CCO1)Nc1cccc(C(F)(F)F)c1. The van der Waals surface area contributed by atoms with E-state index in [9.17, 15) is 18.0 Å². The van der Waals surface area contributed by atoms with E-state index in [1.807, 2.05) is 18.2 Å². The van der Waals surface area contributed by atoms with Crippen LogP contribution in [-0.4, -0.2) is 43.3 Å². The molecule has 0 radical (unpaired) electrons. The number of hydrogen-bond acceptors (Lipinski definition) is 3. The zero-order valence-electron chi connectivity index (χ0n) is 15.2. The molecule has 1 aliphatic heterocycles. The van der Waals surface area contributed by atoms with Gasteiger partial charge in [-0.2, -0.15) is 13.2 Å². The van der Waals surface area contributed by atoms with Gasteiger partial charge in [-0.05, 0) is 23.8 Å². The molecular formula is C20H22F3N3O2. The first-order chi connectivity index (χ1) is 13.4. The molecule has 2 N–H and O–H groups in total. The van der Waals surface area contributed by atoms with Crippen molar-refractivity contribution in [1.29, 1.82) is 0 Å². The highest BCUT2D eigenvalue weighted by Crippen LogP contribution is 2.30. The highest BCUT2D eigenvalue weighted by atomic mass is 19.4. The van der Waals surface area contributed by atoms with Gasteiger partial charge in [-0.3, -0.25) is 4.90 Å². The Bertz CT molecular complexity index is 784. The normalized spacial score (nSPS) is 17.9. The molecule has 1 aliphatic rings. The summed E-state index contributed by atoms with van der Waals surface area (Å²) in [7, 11) is 0. The predicted molar refractivity (Wildman–Crippen MR) is 99.9 cm³/mol. The quantitative estimate of drug-likeness (QED) is 0.814. The smallest absolute Gasteiger partial charge is 0.374 e. The molecule has 3 rings (SSSR count). The van der Waals surface area contributed by atoms with Gasteiger partial charge in [0.25, 0.3) is 0 Å². The Morgan fingerprint density at radius 1 is 1.14 bits per heavy atom. The maximum Gasteiger partial charge on any atom is 0.416 e. The van der Waals surface area contributed by atoms with Gasteiger partial charge in [-0.25, -0.2) is 4.79 Å². The van der Waals surface area contributed by atoms with Crippen molar-refractivity contribution in [2.75, 3.05) is 31.6 Å². The van der Waals surface area contributed by atoms with Crippen molar-refractivity contribution in [2.45, 2.75) is 18.8 Å². The number of nitrogens with one attached hydrogen (secondary N) is 2. The number of rotatable bonds is 5. The summed E-state index contributed by atoms with van der Waals surface area (Å²) in [4.78, 5) is 14.3. The molecule has 0 saturated carbocycles. The summed E-state index contributed by atoms with van der Waals surface area (Å²) in [5.41, 5.74) is 0.485. The molecule has 0 bridgehead atoms. The van der Waals surface area contributed by atoms with E-state index in [2.05, 4.69) is 27.7 Å². The molecule has 1 unspecified atom stereocenters. The molecule has 1 heterocycles. The number of alkyl halides is 3. The Balaban J connectivity index is 1.46. The van der Waals surface area contributed by atoms with E-state index >= 15 is 0 Å². The zero-order valence-corrected chi connectivity index (χ0v) is 15.2. The molecule has 150 valence electrons. The maximum atomic E-state index is 12.7. The number of urea groups is 1. The van der Waals surface area contributed by atoms with Crippen molar-refractivity contribution in [3.8, 4) is 0 Å². The number of nitrogens with zero attached hydrogens (tertiary/aromatic N) is 1. The molecule has 1 fully saturated rings. The summed E-state index contributed by atoms with van der Waals surface area (Å²) in [5.74, 6) is 0. The van der Waals surface area contributed by atoms with Gasteiger partial charge in [0, 0.05) is 31.9 Å². The lowest BCUT2D eigenvalue weighted by molar-refractivity contribution is -0.137. The summed E-state index contributed by atoms with van der Waals surface area (Å²) < 4.78 is 43.9. The zero-order chi connectivity index (χ0) is 20.0. The van der Waals surface area contributed by atoms with E-state index in [1.54, 1.807) is 0 Å². The third kappa shape index (κ3) is 5.97. The van der Waals surface area contributed by atoms with Crippen LogP contribution in [0.15, 0.2) is 54.6 Å². The Kier molecular flexibility index (Phi) is 6.53. The van der Waals surface area contributed by atoms with E-state index in [1.165, 1.54) is 17.7 Å². The highest BCUT2D eigenvalue weighted by Gasteiger charge is 2.30. The molecule has 28 heavy (non-hydrogen) atoms. The second-order valence-corrected chi connectivity index (χ2v) is 6.63. The minimum absolute atomic E-state index is 0.0857. The summed E-state index contributed by atoms with van der Waals surface area (Å²) in [6, 6.07) is 14.0. The third-order valence-corrected chi connectivity index (χ3v) is 4.41. The van der Waals surface area contributed by atoms with Gasteiger partial charge < -0.3 is 15.4 Å². The molecule has 5 nitrogen and oxygen atoms in total. The average molecular weight is 393 g/mol. The molecule has 8 heteroatoms. The van der Waals surface area contributed by atoms with Crippen LogP contribution in [0.3, 0.4) is 0 Å². The van der Waals surface area contributed by atoms with Crippen LogP contribution in [0.1, 0.15) is 11.1 Å². The van der Waals surface area contributed by atoms with Gasteiger partial charge in [0.15, 0.2) is 0 Å². The molecule has 2 aromatic rings. The van der Waals surface area contributed by atoms with E-state index in [4.69, 9.17) is 4.74 Å². The number of anilines is 1. The molecule has 2 aromatic carbocycles. The van der Waals surface area contributed by atoms with E-state index in [0.717, 1.165) is 25.2 Å². The summed E-state index contributed by atoms with van der Waals surface area (Å²) in [6.07, 6.45) is -4.63. The van der Waals surface area contributed by atoms with Crippen LogP contribution in [0.25, 0.3) is 0 Å². The fourth-order valence-corrected chi connectivity index (χ4v) is 3.04. The predicted octanol–water partition coefficient (Wildman–Crippen LogP) is 3.73. The van der Waals surface area contributed by atoms with Gasteiger partial charge >= 0.3 is 12.2 Å². The summed E-state index contributed by atoms with van der Waals surface area (Å²) in [5, 5.41) is 5.09. The minimum atomic E-state index is -4.45. The second kappa shape index (κ2) is 9.07. The van der Waals surface area contributed by atoms with Crippen LogP contribution >= 0.6 is 0 Å². The first-order valence-corrected chi connectivity index (χ1v) is 9.00. The van der Waals surface area contributed by atoms with Crippen molar-refractivity contribution < 1.29 is 22.7 Å². The molecular weight excluding hydrogens is 371 g/mol. The number of ether oxygens (including phenoxy) is 1. The monoisotopic (exact) mass is 393 g/mol. The fraction of sp³-hybridized carbons (Fsp3) is 0.350.